The summed E-state index contributed by atoms with van der Waals surface area (Å²) >= 11 is 2.14. The van der Waals surface area contributed by atoms with Crippen molar-refractivity contribution < 1.29 is 38.3 Å². The standard InChI is InChI=1S/Al.Mo.Ni.O.S.H. The van der Waals surface area contributed by atoms with E-state index < -0.39 is 0 Å². The van der Waals surface area contributed by atoms with Crippen LogP contribution in [-0.4, -0.2) is 16.2 Å². The molecule has 32 valence electrons. The van der Waals surface area contributed by atoms with Crippen LogP contribution in [0.1, 0.15) is 0 Å². The molecular formula is HAlMoNiOS. The van der Waals surface area contributed by atoms with Crippen molar-refractivity contribution in [3.63, 3.8) is 0 Å². The van der Waals surface area contributed by atoms with Gasteiger partial charge in [0.05, 0.1) is 0 Å². The topological polar surface area (TPSA) is 17.1 Å². The molecule has 0 N–H and O–H groups in total. The first-order chi connectivity index (χ1) is 2.00. The van der Waals surface area contributed by atoms with E-state index >= 15 is 0 Å². The molecular weight excluding hydrogens is 230 g/mol. The Morgan fingerprint density at radius 3 is 1.40 bits per heavy atom. The van der Waals surface area contributed by atoms with Gasteiger partial charge in [-0.15, -0.1) is 0 Å². The zero-order valence-corrected chi connectivity index (χ0v) is 7.47. The van der Waals surface area contributed by atoms with Crippen LogP contribution in [-0.2, 0) is 38.3 Å². The molecule has 1 nitrogen and oxygen atoms in total. The first-order valence-electron chi connectivity index (χ1n) is 0.455. The summed E-state index contributed by atoms with van der Waals surface area (Å²) in [5, 5.41) is 0. The zero-order chi connectivity index (χ0) is 4.00. The fourth-order valence-corrected chi connectivity index (χ4v) is 0. The van der Waals surface area contributed by atoms with Gasteiger partial charge in [-0.2, -0.15) is 0 Å². The molecule has 0 aliphatic heterocycles. The van der Waals surface area contributed by atoms with Gasteiger partial charge in [0.1, 0.15) is 0 Å². The second-order valence-corrected chi connectivity index (χ2v) is 0. The van der Waals surface area contributed by atoms with Crippen LogP contribution in [0.5, 0.6) is 0 Å². The molecule has 0 aromatic heterocycles. The van der Waals surface area contributed by atoms with Gasteiger partial charge in [0, 0.05) is 16.5 Å². The average molecular weight is 231 g/mol. The normalized spacial score (nSPS) is 1.40. The molecule has 0 saturated carbocycles. The van der Waals surface area contributed by atoms with Crippen molar-refractivity contribution in [1.29, 1.82) is 0 Å². The van der Waals surface area contributed by atoms with E-state index in [0.29, 0.717) is 16.2 Å². The van der Waals surface area contributed by atoms with E-state index in [4.69, 9.17) is 3.80 Å². The fraction of sp³-hybridized carbons (Fsp3) is 0. The van der Waals surface area contributed by atoms with Crippen LogP contribution in [0.4, 0.5) is 0 Å². The third kappa shape index (κ3) is 26.6. The van der Waals surface area contributed by atoms with E-state index in [-0.39, 0.29) is 16.5 Å². The van der Waals surface area contributed by atoms with Crippen LogP contribution in [0.2, 0.25) is 0 Å². The SMILES string of the molecule is [Ni].[O]=[AlH].[S]=[Mo]. The van der Waals surface area contributed by atoms with E-state index in [0.717, 1.165) is 0 Å². The van der Waals surface area contributed by atoms with E-state index in [1.165, 1.54) is 18.0 Å². The number of rotatable bonds is 0. The Morgan fingerprint density at radius 2 is 1.40 bits per heavy atom. The first-order valence-corrected chi connectivity index (χ1v) is 3.82. The molecule has 0 saturated heterocycles. The van der Waals surface area contributed by atoms with Gasteiger partial charge < -0.3 is 0 Å². The molecule has 0 fully saturated rings. The van der Waals surface area contributed by atoms with Crippen LogP contribution in [0, 0.1) is 0 Å². The Morgan fingerprint density at radius 1 is 1.40 bits per heavy atom. The molecule has 0 rings (SSSR count). The van der Waals surface area contributed by atoms with Crippen LogP contribution < -0.4 is 0 Å². The van der Waals surface area contributed by atoms with Gasteiger partial charge in [0.2, 0.25) is 0 Å². The maximum atomic E-state index is 8.28. The van der Waals surface area contributed by atoms with Crippen LogP contribution in [0.25, 0.3) is 0 Å². The zero-order valence-electron chi connectivity index (χ0n) is 2.25. The van der Waals surface area contributed by atoms with E-state index in [1.807, 2.05) is 0 Å². The van der Waals surface area contributed by atoms with E-state index in [2.05, 4.69) is 9.82 Å². The van der Waals surface area contributed by atoms with Gasteiger partial charge in [-0.25, -0.2) is 0 Å². The van der Waals surface area contributed by atoms with Crippen molar-refractivity contribution in [3.8, 4) is 0 Å². The van der Waals surface area contributed by atoms with Gasteiger partial charge in [0.25, 0.3) is 0 Å². The molecule has 0 aliphatic rings. The van der Waals surface area contributed by atoms with Gasteiger partial charge in [0.15, 0.2) is 0 Å². The minimum atomic E-state index is 0. The molecule has 0 bridgehead atoms. The third-order valence-electron chi connectivity index (χ3n) is 0. The molecule has 5 heteroatoms. The number of hydrogen-bond donors (Lipinski definition) is 0. The minimum absolute atomic E-state index is 0. The van der Waals surface area contributed by atoms with Gasteiger partial charge in [-0.1, -0.05) is 0 Å². The Balaban J connectivity index is -0.0000000133. The Hall–Kier alpha value is 1.73. The first kappa shape index (κ1) is 15.9. The second-order valence-electron chi connectivity index (χ2n) is 0. The molecule has 0 atom stereocenters. The van der Waals surface area contributed by atoms with Crippen molar-refractivity contribution in [2.45, 2.75) is 0 Å². The van der Waals surface area contributed by atoms with Gasteiger partial charge >= 0.3 is 47.8 Å². The van der Waals surface area contributed by atoms with Crippen molar-refractivity contribution in [2.24, 2.45) is 0 Å². The molecule has 0 unspecified atom stereocenters. The quantitative estimate of drug-likeness (QED) is 0.540. The fourth-order valence-electron chi connectivity index (χ4n) is 0. The maximum absolute atomic E-state index is 8.28. The van der Waals surface area contributed by atoms with Crippen molar-refractivity contribution >= 4 is 26.0 Å². The monoisotopic (exact) mass is 232 g/mol. The molecule has 0 aliphatic carbocycles. The Kier molecular flexibility index (Phi) is 136. The van der Waals surface area contributed by atoms with Crippen LogP contribution >= 0.6 is 9.82 Å². The molecule has 0 heterocycles. The molecule has 0 aromatic carbocycles. The molecule has 5 heavy (non-hydrogen) atoms. The van der Waals surface area contributed by atoms with Crippen LogP contribution in [0.15, 0.2) is 0 Å². The summed E-state index contributed by atoms with van der Waals surface area (Å²) in [5.41, 5.74) is 0. The van der Waals surface area contributed by atoms with Gasteiger partial charge in [-0.3, -0.25) is 0 Å². The van der Waals surface area contributed by atoms with Crippen LogP contribution in [0.3, 0.4) is 0 Å². The molecule has 0 aromatic rings. The molecule has 0 spiro atoms. The summed E-state index contributed by atoms with van der Waals surface area (Å²) < 4.78 is 8.28. The Labute approximate surface area is 63.8 Å². The summed E-state index contributed by atoms with van der Waals surface area (Å²) in [6.07, 6.45) is 0. The molecule has 0 radical (unpaired) electrons. The number of hydrogen-bond acceptors (Lipinski definition) is 2. The van der Waals surface area contributed by atoms with Crippen molar-refractivity contribution in [2.75, 3.05) is 0 Å². The molecule has 0 amide bonds. The predicted octanol–water partition coefficient (Wildman–Crippen LogP) is -0.124. The summed E-state index contributed by atoms with van der Waals surface area (Å²) in [7, 11) is 4.09. The average Bonchev–Trinajstić information content (AvgIpc) is 1.50. The summed E-state index contributed by atoms with van der Waals surface area (Å²) in [4.78, 5) is 0. The Bertz CT molecular complexity index is 13.6. The summed E-state index contributed by atoms with van der Waals surface area (Å²) in [6, 6.07) is 0. The van der Waals surface area contributed by atoms with E-state index in [9.17, 15) is 0 Å². The van der Waals surface area contributed by atoms with Crippen molar-refractivity contribution in [3.05, 3.63) is 0 Å². The van der Waals surface area contributed by atoms with Gasteiger partial charge in [-0.05, 0) is 0 Å². The third-order valence-corrected chi connectivity index (χ3v) is 0. The summed E-state index contributed by atoms with van der Waals surface area (Å²) in [6.45, 7) is 0. The predicted molar refractivity (Wildman–Crippen MR) is 15.4 cm³/mol. The summed E-state index contributed by atoms with van der Waals surface area (Å²) in [5.74, 6) is 0. The van der Waals surface area contributed by atoms with E-state index in [1.54, 1.807) is 0 Å². The van der Waals surface area contributed by atoms with Crippen molar-refractivity contribution in [1.82, 2.24) is 0 Å². The second kappa shape index (κ2) is 42.7.